The highest BCUT2D eigenvalue weighted by atomic mass is 35.5. The van der Waals surface area contributed by atoms with E-state index >= 15 is 0 Å². The number of piperidine rings is 1. The van der Waals surface area contributed by atoms with Crippen LogP contribution in [0.4, 0.5) is 5.69 Å². The Hall–Kier alpha value is -1.91. The molecule has 4 rings (SSSR count). The number of hydrogen-bond acceptors (Lipinski definition) is 4. The number of benzene rings is 2. The minimum atomic E-state index is 0.174. The van der Waals surface area contributed by atoms with Gasteiger partial charge in [0.25, 0.3) is 0 Å². The lowest BCUT2D eigenvalue weighted by Gasteiger charge is -2.38. The van der Waals surface area contributed by atoms with Gasteiger partial charge in [0.15, 0.2) is 11.5 Å². The highest BCUT2D eigenvalue weighted by molar-refractivity contribution is 6.30. The summed E-state index contributed by atoms with van der Waals surface area (Å²) in [5.74, 6) is 2.14. The molecule has 2 aliphatic rings. The van der Waals surface area contributed by atoms with E-state index < -0.39 is 0 Å². The second-order valence-corrected chi connectivity index (χ2v) is 7.07. The first-order valence-corrected chi connectivity index (χ1v) is 8.70. The van der Waals surface area contributed by atoms with Gasteiger partial charge in [0.2, 0.25) is 6.79 Å². The van der Waals surface area contributed by atoms with Crippen molar-refractivity contribution in [2.75, 3.05) is 24.8 Å². The first-order chi connectivity index (χ1) is 11.7. The van der Waals surface area contributed by atoms with Crippen LogP contribution >= 0.6 is 11.6 Å². The molecule has 0 amide bonds. The molecule has 5 heteroatoms. The minimum Gasteiger partial charge on any atom is -0.454 e. The van der Waals surface area contributed by atoms with E-state index in [0.717, 1.165) is 48.1 Å². The maximum absolute atomic E-state index is 6.33. The van der Waals surface area contributed by atoms with Gasteiger partial charge in [0.05, 0.1) is 0 Å². The molecule has 0 spiro atoms. The second kappa shape index (κ2) is 6.54. The summed E-state index contributed by atoms with van der Waals surface area (Å²) in [5, 5.41) is 0.792. The molecule has 1 fully saturated rings. The van der Waals surface area contributed by atoms with Crippen LogP contribution in [0.15, 0.2) is 42.5 Å². The van der Waals surface area contributed by atoms with Gasteiger partial charge in [-0.25, -0.2) is 0 Å². The quantitative estimate of drug-likeness (QED) is 0.926. The first-order valence-electron chi connectivity index (χ1n) is 8.32. The van der Waals surface area contributed by atoms with Gasteiger partial charge in [-0.3, -0.25) is 0 Å². The highest BCUT2D eigenvalue weighted by Crippen LogP contribution is 2.36. The van der Waals surface area contributed by atoms with Crippen LogP contribution in [0.5, 0.6) is 11.5 Å². The number of nitrogens with zero attached hydrogens (tertiary/aromatic N) is 1. The van der Waals surface area contributed by atoms with E-state index in [-0.39, 0.29) is 6.04 Å². The zero-order chi connectivity index (χ0) is 16.5. The Kier molecular flexibility index (Phi) is 4.25. The molecule has 2 aromatic carbocycles. The van der Waals surface area contributed by atoms with Crippen molar-refractivity contribution in [2.45, 2.75) is 18.9 Å². The summed E-state index contributed by atoms with van der Waals surface area (Å²) in [6.07, 6.45) is 2.03. The third-order valence-electron chi connectivity index (χ3n) is 4.70. The Bertz CT molecular complexity index is 737. The maximum Gasteiger partial charge on any atom is 0.231 e. The van der Waals surface area contributed by atoms with E-state index in [1.165, 1.54) is 5.56 Å². The minimum absolute atomic E-state index is 0.174. The van der Waals surface area contributed by atoms with Gasteiger partial charge in [0.1, 0.15) is 0 Å². The summed E-state index contributed by atoms with van der Waals surface area (Å²) in [4.78, 5) is 2.35. The summed E-state index contributed by atoms with van der Waals surface area (Å²) in [6, 6.07) is 14.4. The molecule has 4 nitrogen and oxygen atoms in total. The van der Waals surface area contributed by atoms with Gasteiger partial charge in [-0.2, -0.15) is 0 Å². The Morgan fingerprint density at radius 1 is 1.08 bits per heavy atom. The van der Waals surface area contributed by atoms with Gasteiger partial charge < -0.3 is 20.1 Å². The van der Waals surface area contributed by atoms with Gasteiger partial charge in [0, 0.05) is 35.9 Å². The summed E-state index contributed by atoms with van der Waals surface area (Å²) in [6.45, 7) is 2.15. The van der Waals surface area contributed by atoms with Crippen molar-refractivity contribution < 1.29 is 9.47 Å². The Morgan fingerprint density at radius 2 is 1.96 bits per heavy atom. The third kappa shape index (κ3) is 3.30. The van der Waals surface area contributed by atoms with Gasteiger partial charge in [-0.05, 0) is 48.6 Å². The molecule has 0 saturated carbocycles. The van der Waals surface area contributed by atoms with Crippen LogP contribution in [0.25, 0.3) is 0 Å². The van der Waals surface area contributed by atoms with Gasteiger partial charge >= 0.3 is 0 Å². The van der Waals surface area contributed by atoms with E-state index in [2.05, 4.69) is 23.1 Å². The number of nitrogens with two attached hydrogens (primary N) is 1. The van der Waals surface area contributed by atoms with Crippen LogP contribution in [0.3, 0.4) is 0 Å². The number of rotatable bonds is 3. The third-order valence-corrected chi connectivity index (χ3v) is 4.94. The van der Waals surface area contributed by atoms with Crippen LogP contribution < -0.4 is 20.1 Å². The lowest BCUT2D eigenvalue weighted by Crippen LogP contribution is -2.47. The second-order valence-electron chi connectivity index (χ2n) is 6.64. The Morgan fingerprint density at radius 3 is 2.83 bits per heavy atom. The highest BCUT2D eigenvalue weighted by Gasteiger charge is 2.26. The van der Waals surface area contributed by atoms with Crippen molar-refractivity contribution in [1.29, 1.82) is 0 Å². The lowest BCUT2D eigenvalue weighted by atomic mass is 9.89. The van der Waals surface area contributed by atoms with E-state index in [0.29, 0.717) is 12.7 Å². The molecule has 2 unspecified atom stereocenters. The predicted molar refractivity (Wildman–Crippen MR) is 96.0 cm³/mol. The molecular weight excluding hydrogens is 324 g/mol. The molecule has 24 heavy (non-hydrogen) atoms. The monoisotopic (exact) mass is 344 g/mol. The zero-order valence-electron chi connectivity index (χ0n) is 13.5. The maximum atomic E-state index is 6.33. The molecular formula is C19H21ClN2O2. The topological polar surface area (TPSA) is 47.7 Å². The van der Waals surface area contributed by atoms with Gasteiger partial charge in [-0.15, -0.1) is 0 Å². The molecule has 2 atom stereocenters. The number of hydrogen-bond donors (Lipinski definition) is 1. The van der Waals surface area contributed by atoms with Crippen molar-refractivity contribution in [1.82, 2.24) is 0 Å². The van der Waals surface area contributed by atoms with E-state index in [1.54, 1.807) is 0 Å². The van der Waals surface area contributed by atoms with Crippen LogP contribution in [0, 0.1) is 5.92 Å². The molecule has 1 saturated heterocycles. The SMILES string of the molecule is NC1CC(Cc2cccc(Cl)c2)CN(c2ccc3c(c2)OCO3)C1. The molecule has 2 N–H and O–H groups in total. The molecule has 0 bridgehead atoms. The first kappa shape index (κ1) is 15.6. The molecule has 2 aliphatic heterocycles. The number of halogens is 1. The fourth-order valence-corrected chi connectivity index (χ4v) is 3.90. The summed E-state index contributed by atoms with van der Waals surface area (Å²) in [5.41, 5.74) is 8.74. The van der Waals surface area contributed by atoms with Crippen LogP contribution in [0.2, 0.25) is 5.02 Å². The standard InChI is InChI=1S/C19H21ClN2O2/c20-15-3-1-2-13(7-15)6-14-8-16(21)11-22(10-14)17-4-5-18-19(9-17)24-12-23-18/h1-5,7,9,14,16H,6,8,10-12,21H2. The van der Waals surface area contributed by atoms with Crippen LogP contribution in [-0.4, -0.2) is 25.9 Å². The van der Waals surface area contributed by atoms with Crippen LogP contribution in [-0.2, 0) is 6.42 Å². The molecule has 0 aromatic heterocycles. The largest absolute Gasteiger partial charge is 0.454 e. The molecule has 2 heterocycles. The van der Waals surface area contributed by atoms with Crippen molar-refractivity contribution in [2.24, 2.45) is 11.7 Å². The fourth-order valence-electron chi connectivity index (χ4n) is 3.68. The average Bonchev–Trinajstić information content (AvgIpc) is 3.02. The summed E-state index contributed by atoms with van der Waals surface area (Å²) >= 11 is 6.11. The summed E-state index contributed by atoms with van der Waals surface area (Å²) < 4.78 is 10.9. The Balaban J connectivity index is 1.50. The number of fused-ring (bicyclic) bond motifs is 1. The van der Waals surface area contributed by atoms with E-state index in [4.69, 9.17) is 26.8 Å². The number of anilines is 1. The lowest BCUT2D eigenvalue weighted by molar-refractivity contribution is 0.174. The zero-order valence-corrected chi connectivity index (χ0v) is 14.2. The van der Waals surface area contributed by atoms with E-state index in [1.807, 2.05) is 24.3 Å². The van der Waals surface area contributed by atoms with E-state index in [9.17, 15) is 0 Å². The molecule has 0 aliphatic carbocycles. The van der Waals surface area contributed by atoms with Gasteiger partial charge in [-0.1, -0.05) is 23.7 Å². The van der Waals surface area contributed by atoms with Crippen molar-refractivity contribution in [3.05, 3.63) is 53.1 Å². The smallest absolute Gasteiger partial charge is 0.231 e. The molecule has 2 aromatic rings. The fraction of sp³-hybridized carbons (Fsp3) is 0.368. The van der Waals surface area contributed by atoms with Crippen molar-refractivity contribution >= 4 is 17.3 Å². The predicted octanol–water partition coefficient (Wildman–Crippen LogP) is 3.47. The summed E-state index contributed by atoms with van der Waals surface area (Å²) in [7, 11) is 0. The van der Waals surface area contributed by atoms with Crippen molar-refractivity contribution in [3.63, 3.8) is 0 Å². The number of ether oxygens (including phenoxy) is 2. The Labute approximate surface area is 147 Å². The van der Waals surface area contributed by atoms with Crippen molar-refractivity contribution in [3.8, 4) is 11.5 Å². The average molecular weight is 345 g/mol. The van der Waals surface area contributed by atoms with Crippen LogP contribution in [0.1, 0.15) is 12.0 Å². The molecule has 0 radical (unpaired) electrons. The normalized spacial score (nSPS) is 22.7. The molecule has 126 valence electrons.